The van der Waals surface area contributed by atoms with Crippen LogP contribution in [-0.4, -0.2) is 48.3 Å². The SMILES string of the molecule is CCCNC(=O)C(C)NC(=O)C1CC(=O)N(CC2CC2)C1. The molecule has 1 aliphatic carbocycles. The molecule has 0 aromatic carbocycles. The maximum atomic E-state index is 12.2. The molecule has 2 fully saturated rings. The second-order valence-corrected chi connectivity index (χ2v) is 6.16. The summed E-state index contributed by atoms with van der Waals surface area (Å²) in [5, 5.41) is 5.46. The van der Waals surface area contributed by atoms with Gasteiger partial charge in [-0.05, 0) is 32.1 Å². The maximum Gasteiger partial charge on any atom is 0.242 e. The largest absolute Gasteiger partial charge is 0.354 e. The van der Waals surface area contributed by atoms with Crippen LogP contribution in [0.2, 0.25) is 0 Å². The maximum absolute atomic E-state index is 12.2. The Morgan fingerprint density at radius 3 is 2.71 bits per heavy atom. The van der Waals surface area contributed by atoms with Crippen LogP contribution in [0.15, 0.2) is 0 Å². The summed E-state index contributed by atoms with van der Waals surface area (Å²) in [6.45, 7) is 5.53. The molecule has 2 aliphatic rings. The third kappa shape index (κ3) is 4.44. The van der Waals surface area contributed by atoms with Crippen molar-refractivity contribution in [2.24, 2.45) is 11.8 Å². The van der Waals surface area contributed by atoms with Crippen molar-refractivity contribution in [2.75, 3.05) is 19.6 Å². The number of carbonyl (C=O) groups excluding carboxylic acids is 3. The molecule has 1 heterocycles. The first-order valence-electron chi connectivity index (χ1n) is 7.87. The molecule has 1 saturated heterocycles. The highest BCUT2D eigenvalue weighted by Crippen LogP contribution is 2.31. The Morgan fingerprint density at radius 2 is 2.10 bits per heavy atom. The van der Waals surface area contributed by atoms with Gasteiger partial charge in [0.1, 0.15) is 6.04 Å². The fourth-order valence-electron chi connectivity index (χ4n) is 2.53. The minimum atomic E-state index is -0.559. The van der Waals surface area contributed by atoms with E-state index in [-0.39, 0.29) is 30.1 Å². The molecule has 0 radical (unpaired) electrons. The summed E-state index contributed by atoms with van der Waals surface area (Å²) in [6, 6.07) is -0.559. The van der Waals surface area contributed by atoms with Gasteiger partial charge in [-0.3, -0.25) is 14.4 Å². The Hall–Kier alpha value is -1.59. The fraction of sp³-hybridized carbons (Fsp3) is 0.800. The lowest BCUT2D eigenvalue weighted by Gasteiger charge is -2.18. The van der Waals surface area contributed by atoms with Gasteiger partial charge < -0.3 is 15.5 Å². The average Bonchev–Trinajstić information content (AvgIpc) is 3.19. The second-order valence-electron chi connectivity index (χ2n) is 6.16. The van der Waals surface area contributed by atoms with E-state index in [4.69, 9.17) is 0 Å². The van der Waals surface area contributed by atoms with Gasteiger partial charge in [-0.2, -0.15) is 0 Å². The summed E-state index contributed by atoms with van der Waals surface area (Å²) in [6.07, 6.45) is 3.51. The van der Waals surface area contributed by atoms with Crippen molar-refractivity contribution < 1.29 is 14.4 Å². The summed E-state index contributed by atoms with van der Waals surface area (Å²) >= 11 is 0. The summed E-state index contributed by atoms with van der Waals surface area (Å²) < 4.78 is 0. The minimum Gasteiger partial charge on any atom is -0.354 e. The van der Waals surface area contributed by atoms with Gasteiger partial charge in [0.15, 0.2) is 0 Å². The van der Waals surface area contributed by atoms with Crippen LogP contribution in [0.3, 0.4) is 0 Å². The Morgan fingerprint density at radius 1 is 1.38 bits per heavy atom. The predicted octanol–water partition coefficient (Wildman–Crippen LogP) is 0.276. The first-order chi connectivity index (χ1) is 10.0. The Balaban J connectivity index is 1.77. The molecule has 1 aliphatic heterocycles. The highest BCUT2D eigenvalue weighted by Gasteiger charge is 2.37. The van der Waals surface area contributed by atoms with Crippen molar-refractivity contribution in [1.29, 1.82) is 0 Å². The quantitative estimate of drug-likeness (QED) is 0.708. The highest BCUT2D eigenvalue weighted by molar-refractivity contribution is 5.92. The van der Waals surface area contributed by atoms with Crippen LogP contribution in [0.4, 0.5) is 0 Å². The fourth-order valence-corrected chi connectivity index (χ4v) is 2.53. The number of hydrogen-bond acceptors (Lipinski definition) is 3. The van der Waals surface area contributed by atoms with Crippen LogP contribution < -0.4 is 10.6 Å². The van der Waals surface area contributed by atoms with E-state index >= 15 is 0 Å². The van der Waals surface area contributed by atoms with Crippen molar-refractivity contribution in [2.45, 2.75) is 45.6 Å². The second kappa shape index (κ2) is 6.91. The van der Waals surface area contributed by atoms with E-state index in [0.29, 0.717) is 19.0 Å². The van der Waals surface area contributed by atoms with E-state index in [1.165, 1.54) is 12.8 Å². The van der Waals surface area contributed by atoms with Crippen LogP contribution in [-0.2, 0) is 14.4 Å². The Kier molecular flexibility index (Phi) is 5.20. The molecular formula is C15H25N3O3. The minimum absolute atomic E-state index is 0.0603. The smallest absolute Gasteiger partial charge is 0.242 e. The predicted molar refractivity (Wildman–Crippen MR) is 78.3 cm³/mol. The summed E-state index contributed by atoms with van der Waals surface area (Å²) in [5.41, 5.74) is 0. The molecular weight excluding hydrogens is 270 g/mol. The Labute approximate surface area is 125 Å². The lowest BCUT2D eigenvalue weighted by molar-refractivity contribution is -0.131. The van der Waals surface area contributed by atoms with E-state index in [1.807, 2.05) is 6.92 Å². The number of likely N-dealkylation sites (tertiary alicyclic amines) is 1. The van der Waals surface area contributed by atoms with Crippen LogP contribution in [0, 0.1) is 11.8 Å². The van der Waals surface area contributed by atoms with Crippen LogP contribution in [0.5, 0.6) is 0 Å². The lowest BCUT2D eigenvalue weighted by atomic mass is 10.1. The van der Waals surface area contributed by atoms with Crippen LogP contribution >= 0.6 is 0 Å². The third-order valence-electron chi connectivity index (χ3n) is 4.06. The molecule has 3 amide bonds. The summed E-state index contributed by atoms with van der Waals surface area (Å²) in [7, 11) is 0. The average molecular weight is 295 g/mol. The molecule has 6 nitrogen and oxygen atoms in total. The zero-order valence-corrected chi connectivity index (χ0v) is 12.9. The van der Waals surface area contributed by atoms with Crippen molar-refractivity contribution in [3.05, 3.63) is 0 Å². The third-order valence-corrected chi connectivity index (χ3v) is 4.06. The van der Waals surface area contributed by atoms with Crippen LogP contribution in [0.1, 0.15) is 39.5 Å². The van der Waals surface area contributed by atoms with Crippen molar-refractivity contribution in [3.63, 3.8) is 0 Å². The molecule has 1 saturated carbocycles. The van der Waals surface area contributed by atoms with Crippen molar-refractivity contribution >= 4 is 17.7 Å². The van der Waals surface area contributed by atoms with Gasteiger partial charge in [-0.1, -0.05) is 6.92 Å². The van der Waals surface area contributed by atoms with Gasteiger partial charge >= 0.3 is 0 Å². The van der Waals surface area contributed by atoms with E-state index in [0.717, 1.165) is 13.0 Å². The monoisotopic (exact) mass is 295 g/mol. The van der Waals surface area contributed by atoms with Crippen molar-refractivity contribution in [3.8, 4) is 0 Å². The molecule has 21 heavy (non-hydrogen) atoms. The number of carbonyl (C=O) groups is 3. The highest BCUT2D eigenvalue weighted by atomic mass is 16.2. The lowest BCUT2D eigenvalue weighted by Crippen LogP contribution is -2.47. The van der Waals surface area contributed by atoms with Gasteiger partial charge in [0.2, 0.25) is 17.7 Å². The van der Waals surface area contributed by atoms with Gasteiger partial charge in [0.25, 0.3) is 0 Å². The summed E-state index contributed by atoms with van der Waals surface area (Å²) in [4.78, 5) is 37.6. The molecule has 0 aromatic heterocycles. The van der Waals surface area contributed by atoms with Crippen molar-refractivity contribution in [1.82, 2.24) is 15.5 Å². The molecule has 118 valence electrons. The molecule has 2 atom stereocenters. The topological polar surface area (TPSA) is 78.5 Å². The van der Waals surface area contributed by atoms with Gasteiger partial charge in [-0.25, -0.2) is 0 Å². The molecule has 0 spiro atoms. The molecule has 0 bridgehead atoms. The van der Waals surface area contributed by atoms with Gasteiger partial charge in [0.05, 0.1) is 5.92 Å². The standard InChI is InChI=1S/C15H25N3O3/c1-3-6-16-14(20)10(2)17-15(21)12-7-13(19)18(9-12)8-11-4-5-11/h10-12H,3-9H2,1-2H3,(H,16,20)(H,17,21). The number of nitrogens with one attached hydrogen (secondary N) is 2. The Bertz CT molecular complexity index is 420. The zero-order valence-electron chi connectivity index (χ0n) is 12.9. The number of rotatable bonds is 7. The first kappa shape index (κ1) is 15.8. The molecule has 2 N–H and O–H groups in total. The van der Waals surface area contributed by atoms with E-state index < -0.39 is 6.04 Å². The first-order valence-corrected chi connectivity index (χ1v) is 7.87. The van der Waals surface area contributed by atoms with E-state index in [9.17, 15) is 14.4 Å². The normalized spacial score (nSPS) is 23.0. The zero-order chi connectivity index (χ0) is 15.4. The summed E-state index contributed by atoms with van der Waals surface area (Å²) in [5.74, 6) is 0.00229. The molecule has 2 unspecified atom stereocenters. The molecule has 2 rings (SSSR count). The van der Waals surface area contributed by atoms with Gasteiger partial charge in [-0.15, -0.1) is 0 Å². The van der Waals surface area contributed by atoms with E-state index in [2.05, 4.69) is 10.6 Å². The molecule has 0 aromatic rings. The number of hydrogen-bond donors (Lipinski definition) is 2. The van der Waals surface area contributed by atoms with Crippen LogP contribution in [0.25, 0.3) is 0 Å². The number of nitrogens with zero attached hydrogens (tertiary/aromatic N) is 1. The van der Waals surface area contributed by atoms with Gasteiger partial charge in [0, 0.05) is 26.1 Å². The number of amides is 3. The molecule has 6 heteroatoms. The van der Waals surface area contributed by atoms with E-state index in [1.54, 1.807) is 11.8 Å².